The van der Waals surface area contributed by atoms with Gasteiger partial charge in [-0.15, -0.1) is 0 Å². The Bertz CT molecular complexity index is 968. The molecule has 2 aromatic rings. The Morgan fingerprint density at radius 3 is 2.19 bits per heavy atom. The highest BCUT2D eigenvalue weighted by molar-refractivity contribution is 5.94. The Labute approximate surface area is 181 Å². The molecule has 31 heavy (non-hydrogen) atoms. The first-order valence-electron chi connectivity index (χ1n) is 10.5. The van der Waals surface area contributed by atoms with Gasteiger partial charge in [0, 0.05) is 18.7 Å². The van der Waals surface area contributed by atoms with Gasteiger partial charge in [0.05, 0.1) is 19.8 Å². The zero-order valence-electron chi connectivity index (χ0n) is 17.0. The van der Waals surface area contributed by atoms with Gasteiger partial charge in [0.2, 0.25) is 0 Å². The number of hydrogen-bond acceptors (Lipinski definition) is 6. The summed E-state index contributed by atoms with van der Waals surface area (Å²) in [6.07, 6.45) is 1.70. The second-order valence-electron chi connectivity index (χ2n) is 7.84. The highest BCUT2D eigenvalue weighted by Gasteiger charge is 2.48. The van der Waals surface area contributed by atoms with E-state index >= 15 is 0 Å². The van der Waals surface area contributed by atoms with Gasteiger partial charge in [0.1, 0.15) is 12.3 Å². The van der Waals surface area contributed by atoms with Crippen molar-refractivity contribution in [1.82, 2.24) is 14.9 Å². The summed E-state index contributed by atoms with van der Waals surface area (Å²) in [7, 11) is 0. The number of benzene rings is 2. The zero-order chi connectivity index (χ0) is 21.4. The molecule has 0 spiro atoms. The van der Waals surface area contributed by atoms with Crippen LogP contribution in [0.4, 0.5) is 0 Å². The highest BCUT2D eigenvalue weighted by atomic mass is 16.5. The summed E-state index contributed by atoms with van der Waals surface area (Å²) in [5.74, 6) is -0.775. The number of hydrogen-bond donors (Lipinski definition) is 2. The van der Waals surface area contributed by atoms with Gasteiger partial charge < -0.3 is 19.8 Å². The number of amides is 1. The van der Waals surface area contributed by atoms with E-state index in [2.05, 4.69) is 24.3 Å². The number of fused-ring (bicyclic) bond motifs is 2. The van der Waals surface area contributed by atoms with Crippen LogP contribution in [-0.2, 0) is 9.53 Å². The molecule has 2 saturated heterocycles. The summed E-state index contributed by atoms with van der Waals surface area (Å²) in [5, 5.41) is 24.6. The number of carbonyl (C=O) groups is 1. The predicted molar refractivity (Wildman–Crippen MR) is 114 cm³/mol. The van der Waals surface area contributed by atoms with Crippen molar-refractivity contribution in [1.29, 1.82) is 0 Å². The number of nitrogens with zero attached hydrogens (tertiary/aromatic N) is 3. The number of ether oxygens (including phenoxy) is 1. The lowest BCUT2D eigenvalue weighted by atomic mass is 9.86. The molecule has 5 rings (SSSR count). The minimum atomic E-state index is -1.20. The van der Waals surface area contributed by atoms with Gasteiger partial charge in [-0.2, -0.15) is 5.01 Å². The Balaban J connectivity index is 1.71. The largest absolute Gasteiger partial charge is 0.507 e. The number of aliphatic hydroxyl groups is 2. The van der Waals surface area contributed by atoms with Crippen molar-refractivity contribution in [3.63, 3.8) is 0 Å². The molecule has 7 nitrogen and oxygen atoms in total. The maximum Gasteiger partial charge on any atom is 0.288 e. The third-order valence-electron chi connectivity index (χ3n) is 6.08. The highest BCUT2D eigenvalue weighted by Crippen LogP contribution is 2.40. The van der Waals surface area contributed by atoms with Gasteiger partial charge >= 0.3 is 0 Å². The third kappa shape index (κ3) is 3.40. The fourth-order valence-corrected chi connectivity index (χ4v) is 4.66. The summed E-state index contributed by atoms with van der Waals surface area (Å²) in [6, 6.07) is 20.3. The van der Waals surface area contributed by atoms with Crippen LogP contribution in [0.3, 0.4) is 0 Å². The summed E-state index contributed by atoms with van der Waals surface area (Å²) < 4.78 is 5.68. The molecular weight excluding hydrogens is 394 g/mol. The van der Waals surface area contributed by atoms with Crippen molar-refractivity contribution in [2.24, 2.45) is 0 Å². The normalized spacial score (nSPS) is 24.3. The molecule has 3 aliphatic rings. The maximum atomic E-state index is 13.4. The number of rotatable bonds is 3. The standard InChI is InChI=1S/C24H25N3O4/c28-19-11-12-25-21(22(19)29)24(30)27-14-16-31-15-13-26(27)23(25)20(17-7-3-1-4-8-17)18-9-5-2-6-10-18/h1-12,19-20,23,28-29H,13-16H2. The van der Waals surface area contributed by atoms with Crippen LogP contribution in [0.15, 0.2) is 84.4 Å². The first-order chi connectivity index (χ1) is 15.2. The van der Waals surface area contributed by atoms with E-state index in [4.69, 9.17) is 4.74 Å². The predicted octanol–water partition coefficient (Wildman–Crippen LogP) is 2.19. The summed E-state index contributed by atoms with van der Waals surface area (Å²) in [4.78, 5) is 15.2. The van der Waals surface area contributed by atoms with E-state index in [1.807, 2.05) is 41.4 Å². The van der Waals surface area contributed by atoms with Crippen LogP contribution in [-0.4, -0.2) is 69.6 Å². The van der Waals surface area contributed by atoms with Crippen LogP contribution in [0.25, 0.3) is 0 Å². The van der Waals surface area contributed by atoms with E-state index in [-0.39, 0.29) is 29.4 Å². The first-order valence-corrected chi connectivity index (χ1v) is 10.5. The molecule has 0 saturated carbocycles. The van der Waals surface area contributed by atoms with Gasteiger partial charge in [-0.1, -0.05) is 60.7 Å². The van der Waals surface area contributed by atoms with Crippen LogP contribution in [0.5, 0.6) is 0 Å². The van der Waals surface area contributed by atoms with Crippen molar-refractivity contribution in [2.75, 3.05) is 26.3 Å². The fourth-order valence-electron chi connectivity index (χ4n) is 4.66. The van der Waals surface area contributed by atoms with Crippen LogP contribution in [0.2, 0.25) is 0 Å². The molecule has 0 aromatic heterocycles. The van der Waals surface area contributed by atoms with Crippen LogP contribution >= 0.6 is 0 Å². The van der Waals surface area contributed by atoms with Crippen molar-refractivity contribution >= 4 is 5.91 Å². The van der Waals surface area contributed by atoms with E-state index in [0.717, 1.165) is 11.1 Å². The van der Waals surface area contributed by atoms with E-state index in [0.29, 0.717) is 26.3 Å². The molecule has 2 atom stereocenters. The number of carbonyl (C=O) groups excluding carboxylic acids is 1. The summed E-state index contributed by atoms with van der Waals surface area (Å²) in [6.45, 7) is 1.84. The van der Waals surface area contributed by atoms with Crippen molar-refractivity contribution in [3.05, 3.63) is 95.5 Å². The summed E-state index contributed by atoms with van der Waals surface area (Å²) in [5.41, 5.74) is 2.31. The zero-order valence-corrected chi connectivity index (χ0v) is 17.0. The van der Waals surface area contributed by atoms with Crippen LogP contribution < -0.4 is 0 Å². The van der Waals surface area contributed by atoms with Gasteiger partial charge in [-0.25, -0.2) is 0 Å². The monoisotopic (exact) mass is 419 g/mol. The Morgan fingerprint density at radius 1 is 0.935 bits per heavy atom. The molecule has 3 heterocycles. The van der Waals surface area contributed by atoms with Gasteiger partial charge in [0.25, 0.3) is 5.91 Å². The quantitative estimate of drug-likeness (QED) is 0.795. The molecule has 7 heteroatoms. The third-order valence-corrected chi connectivity index (χ3v) is 6.08. The maximum absolute atomic E-state index is 13.4. The van der Waals surface area contributed by atoms with E-state index < -0.39 is 6.10 Å². The molecule has 2 N–H and O–H groups in total. The molecule has 2 fully saturated rings. The van der Waals surface area contributed by atoms with E-state index in [1.54, 1.807) is 16.1 Å². The fraction of sp³-hybridized carbons (Fsp3) is 0.292. The topological polar surface area (TPSA) is 76.5 Å². The number of aliphatic hydroxyl groups excluding tert-OH is 2. The smallest absolute Gasteiger partial charge is 0.288 e. The Kier molecular flexibility index (Phi) is 5.23. The molecule has 2 aromatic carbocycles. The molecule has 1 amide bonds. The minimum absolute atomic E-state index is 0.120. The molecule has 0 aliphatic carbocycles. The second kappa shape index (κ2) is 8.19. The van der Waals surface area contributed by atoms with Crippen LogP contribution in [0.1, 0.15) is 17.0 Å². The second-order valence-corrected chi connectivity index (χ2v) is 7.84. The molecule has 0 bridgehead atoms. The average molecular weight is 419 g/mol. The van der Waals surface area contributed by atoms with E-state index in [1.165, 1.54) is 6.08 Å². The van der Waals surface area contributed by atoms with Crippen LogP contribution in [0, 0.1) is 0 Å². The molecule has 3 aliphatic heterocycles. The lowest BCUT2D eigenvalue weighted by Gasteiger charge is -2.52. The van der Waals surface area contributed by atoms with Crippen molar-refractivity contribution in [2.45, 2.75) is 18.2 Å². The lowest BCUT2D eigenvalue weighted by molar-refractivity contribution is -0.170. The van der Waals surface area contributed by atoms with Crippen molar-refractivity contribution < 1.29 is 19.7 Å². The Hall–Kier alpha value is -3.13. The first kappa shape index (κ1) is 19.8. The van der Waals surface area contributed by atoms with E-state index in [9.17, 15) is 15.0 Å². The average Bonchev–Trinajstić information content (AvgIpc) is 3.06. The molecule has 0 radical (unpaired) electrons. The van der Waals surface area contributed by atoms with Gasteiger partial charge in [0.15, 0.2) is 11.5 Å². The minimum Gasteiger partial charge on any atom is -0.507 e. The van der Waals surface area contributed by atoms with Gasteiger partial charge in [-0.3, -0.25) is 9.80 Å². The SMILES string of the molecule is O=C1C2=C(O)C(O)C=CN2C(C(c2ccccc2)c2ccccc2)N2CCOCCN12. The van der Waals surface area contributed by atoms with Gasteiger partial charge in [-0.05, 0) is 17.2 Å². The molecule has 160 valence electrons. The molecular formula is C24H25N3O4. The lowest BCUT2D eigenvalue weighted by Crippen LogP contribution is -2.65. The Morgan fingerprint density at radius 2 is 1.55 bits per heavy atom. The molecule has 2 unspecified atom stereocenters. The van der Waals surface area contributed by atoms with Crippen molar-refractivity contribution in [3.8, 4) is 0 Å². The summed E-state index contributed by atoms with van der Waals surface area (Å²) >= 11 is 0. The number of hydrazine groups is 1.